The molecule has 0 saturated carbocycles. The largest absolute Gasteiger partial charge is 0.381 e. The Morgan fingerprint density at radius 3 is 2.83 bits per heavy atom. The summed E-state index contributed by atoms with van der Waals surface area (Å²) in [6.45, 7) is 7.44. The van der Waals surface area contributed by atoms with Crippen molar-refractivity contribution < 1.29 is 4.74 Å². The molecule has 0 amide bonds. The van der Waals surface area contributed by atoms with E-state index in [9.17, 15) is 0 Å². The lowest BCUT2D eigenvalue weighted by atomic mass is 10.2. The smallest absolute Gasteiger partial charge is 0.0666 e. The molecule has 0 aromatic heterocycles. The molecule has 68 valence electrons. The topological polar surface area (TPSA) is 33.0 Å². The van der Waals surface area contributed by atoms with Crippen molar-refractivity contribution in [2.24, 2.45) is 0 Å². The van der Waals surface area contributed by atoms with Gasteiger partial charge in [-0.15, -0.1) is 0 Å². The molecule has 0 aromatic rings. The third kappa shape index (κ3) is 7.30. The fraction of sp³-hybridized carbons (Fsp3) is 0.700. The Kier molecular flexibility index (Phi) is 7.73. The Hall–Kier alpha value is -0.810. The summed E-state index contributed by atoms with van der Waals surface area (Å²) < 4.78 is 5.32. The molecule has 0 N–H and O–H groups in total. The first kappa shape index (κ1) is 11.2. The van der Waals surface area contributed by atoms with Crippen molar-refractivity contribution >= 4 is 0 Å². The molecule has 0 rings (SSSR count). The Morgan fingerprint density at radius 2 is 2.25 bits per heavy atom. The zero-order valence-electron chi connectivity index (χ0n) is 7.81. The molecule has 0 unspecified atom stereocenters. The van der Waals surface area contributed by atoms with Crippen LogP contribution in [0.15, 0.2) is 12.2 Å². The van der Waals surface area contributed by atoms with Crippen LogP contribution in [0.25, 0.3) is 0 Å². The maximum atomic E-state index is 8.33. The van der Waals surface area contributed by atoms with Gasteiger partial charge in [-0.2, -0.15) is 5.26 Å². The summed E-state index contributed by atoms with van der Waals surface area (Å²) in [5, 5.41) is 8.33. The Bertz CT molecular complexity index is 158. The second-order valence-corrected chi connectivity index (χ2v) is 2.80. The lowest BCUT2D eigenvalue weighted by Crippen LogP contribution is -1.97. The van der Waals surface area contributed by atoms with E-state index < -0.39 is 0 Å². The van der Waals surface area contributed by atoms with E-state index in [0.29, 0.717) is 13.0 Å². The predicted octanol–water partition coefficient (Wildman–Crippen LogP) is 2.66. The van der Waals surface area contributed by atoms with Gasteiger partial charge in [0, 0.05) is 6.61 Å². The molecule has 0 aliphatic carbocycles. The second kappa shape index (κ2) is 8.29. The minimum Gasteiger partial charge on any atom is -0.381 e. The first-order chi connectivity index (χ1) is 5.81. The third-order valence-electron chi connectivity index (χ3n) is 1.57. The minimum atomic E-state index is 0.455. The van der Waals surface area contributed by atoms with Gasteiger partial charge in [0.15, 0.2) is 0 Å². The Labute approximate surface area is 74.8 Å². The van der Waals surface area contributed by atoms with E-state index in [1.807, 2.05) is 0 Å². The standard InChI is InChI=1S/C10H17NO/c1-3-4-8-12-9-6-10(2)5-7-11/h2-6,8-9H2,1H3. The van der Waals surface area contributed by atoms with Gasteiger partial charge >= 0.3 is 0 Å². The van der Waals surface area contributed by atoms with Crippen molar-refractivity contribution in [1.29, 1.82) is 5.26 Å². The van der Waals surface area contributed by atoms with E-state index in [-0.39, 0.29) is 0 Å². The van der Waals surface area contributed by atoms with E-state index in [1.54, 1.807) is 0 Å². The number of nitriles is 1. The number of nitrogens with zero attached hydrogens (tertiary/aromatic N) is 1. The van der Waals surface area contributed by atoms with Gasteiger partial charge in [-0.25, -0.2) is 0 Å². The minimum absolute atomic E-state index is 0.455. The summed E-state index contributed by atoms with van der Waals surface area (Å²) in [4.78, 5) is 0. The third-order valence-corrected chi connectivity index (χ3v) is 1.57. The molecule has 0 heterocycles. The van der Waals surface area contributed by atoms with Crippen molar-refractivity contribution in [2.45, 2.75) is 32.6 Å². The first-order valence-electron chi connectivity index (χ1n) is 4.42. The molecule has 0 saturated heterocycles. The van der Waals surface area contributed by atoms with E-state index in [0.717, 1.165) is 25.0 Å². The van der Waals surface area contributed by atoms with Crippen LogP contribution in [-0.2, 0) is 4.74 Å². The molecule has 2 heteroatoms. The molecule has 0 aliphatic rings. The highest BCUT2D eigenvalue weighted by molar-refractivity contribution is 5.01. The van der Waals surface area contributed by atoms with E-state index >= 15 is 0 Å². The summed E-state index contributed by atoms with van der Waals surface area (Å²) in [5.41, 5.74) is 0.967. The van der Waals surface area contributed by atoms with E-state index in [2.05, 4.69) is 19.6 Å². The fourth-order valence-electron chi connectivity index (χ4n) is 0.765. The number of unbranched alkanes of at least 4 members (excludes halogenated alkanes) is 1. The highest BCUT2D eigenvalue weighted by Gasteiger charge is 1.93. The molecule has 0 aromatic carbocycles. The van der Waals surface area contributed by atoms with Crippen molar-refractivity contribution in [3.8, 4) is 6.07 Å². The van der Waals surface area contributed by atoms with Crippen LogP contribution < -0.4 is 0 Å². The van der Waals surface area contributed by atoms with Gasteiger partial charge < -0.3 is 4.74 Å². The Morgan fingerprint density at radius 1 is 1.50 bits per heavy atom. The van der Waals surface area contributed by atoms with Crippen molar-refractivity contribution in [3.05, 3.63) is 12.2 Å². The van der Waals surface area contributed by atoms with Crippen molar-refractivity contribution in [2.75, 3.05) is 13.2 Å². The summed E-state index contributed by atoms with van der Waals surface area (Å²) in [7, 11) is 0. The maximum Gasteiger partial charge on any atom is 0.0666 e. The molecule has 0 aliphatic heterocycles. The van der Waals surface area contributed by atoms with Crippen LogP contribution in [0.2, 0.25) is 0 Å². The van der Waals surface area contributed by atoms with E-state index in [4.69, 9.17) is 10.00 Å². The van der Waals surface area contributed by atoms with Gasteiger partial charge in [-0.3, -0.25) is 0 Å². The summed E-state index contributed by atoms with van der Waals surface area (Å²) in [6.07, 6.45) is 3.55. The van der Waals surface area contributed by atoms with Crippen LogP contribution >= 0.6 is 0 Å². The van der Waals surface area contributed by atoms with Crippen LogP contribution in [0.5, 0.6) is 0 Å². The molecular weight excluding hydrogens is 150 g/mol. The molecule has 2 nitrogen and oxygen atoms in total. The lowest BCUT2D eigenvalue weighted by Gasteiger charge is -2.02. The number of rotatable bonds is 7. The van der Waals surface area contributed by atoms with Gasteiger partial charge in [0.1, 0.15) is 0 Å². The first-order valence-corrected chi connectivity index (χ1v) is 4.42. The van der Waals surface area contributed by atoms with Crippen LogP contribution in [0.4, 0.5) is 0 Å². The highest BCUT2D eigenvalue weighted by atomic mass is 16.5. The van der Waals surface area contributed by atoms with Gasteiger partial charge in [0.05, 0.1) is 19.1 Å². The number of hydrogen-bond donors (Lipinski definition) is 0. The normalized spacial score (nSPS) is 9.33. The molecule has 0 radical (unpaired) electrons. The maximum absolute atomic E-state index is 8.33. The van der Waals surface area contributed by atoms with Crippen molar-refractivity contribution in [1.82, 2.24) is 0 Å². The second-order valence-electron chi connectivity index (χ2n) is 2.80. The van der Waals surface area contributed by atoms with Gasteiger partial charge in [-0.1, -0.05) is 25.5 Å². The molecular formula is C10H17NO. The number of ether oxygens (including phenoxy) is 1. The molecule has 0 atom stereocenters. The zero-order chi connectivity index (χ0) is 9.23. The quantitative estimate of drug-likeness (QED) is 0.431. The average molecular weight is 167 g/mol. The molecule has 0 bridgehead atoms. The lowest BCUT2D eigenvalue weighted by molar-refractivity contribution is 0.134. The van der Waals surface area contributed by atoms with Gasteiger partial charge in [0.2, 0.25) is 0 Å². The molecule has 12 heavy (non-hydrogen) atoms. The van der Waals surface area contributed by atoms with E-state index in [1.165, 1.54) is 6.42 Å². The fourth-order valence-corrected chi connectivity index (χ4v) is 0.765. The van der Waals surface area contributed by atoms with Crippen LogP contribution in [0, 0.1) is 11.3 Å². The van der Waals surface area contributed by atoms with Gasteiger partial charge in [0.25, 0.3) is 0 Å². The van der Waals surface area contributed by atoms with Crippen LogP contribution in [0.1, 0.15) is 32.6 Å². The Balaban J connectivity index is 3.10. The summed E-state index contributed by atoms with van der Waals surface area (Å²) in [5.74, 6) is 0. The van der Waals surface area contributed by atoms with Crippen LogP contribution in [0.3, 0.4) is 0 Å². The predicted molar refractivity (Wildman–Crippen MR) is 49.7 cm³/mol. The molecule has 0 spiro atoms. The number of hydrogen-bond acceptors (Lipinski definition) is 2. The molecule has 0 fully saturated rings. The summed E-state index contributed by atoms with van der Waals surface area (Å²) in [6, 6.07) is 2.06. The highest BCUT2D eigenvalue weighted by Crippen LogP contribution is 2.02. The average Bonchev–Trinajstić information content (AvgIpc) is 2.05. The zero-order valence-corrected chi connectivity index (χ0v) is 7.81. The monoisotopic (exact) mass is 167 g/mol. The summed E-state index contributed by atoms with van der Waals surface area (Å²) >= 11 is 0. The SMILES string of the molecule is C=C(CC#N)CCOCCCC. The van der Waals surface area contributed by atoms with Gasteiger partial charge in [-0.05, 0) is 12.8 Å². The van der Waals surface area contributed by atoms with Crippen molar-refractivity contribution in [3.63, 3.8) is 0 Å². The van der Waals surface area contributed by atoms with Crippen LogP contribution in [-0.4, -0.2) is 13.2 Å².